The molecule has 0 aliphatic rings. The second-order valence-electron chi connectivity index (χ2n) is 6.50. The highest BCUT2D eigenvalue weighted by molar-refractivity contribution is 5.83. The van der Waals surface area contributed by atoms with Gasteiger partial charge in [-0.3, -0.25) is 9.36 Å². The van der Waals surface area contributed by atoms with Gasteiger partial charge in [0.05, 0.1) is 10.9 Å². The SMILES string of the molecule is Cc1nc(C(F)(F)F)ccc1-c1nc2cccc(C)c2c(=O)n1C(C)C. The van der Waals surface area contributed by atoms with Crippen molar-refractivity contribution in [3.05, 3.63) is 57.6 Å². The predicted molar refractivity (Wildman–Crippen MR) is 94.1 cm³/mol. The summed E-state index contributed by atoms with van der Waals surface area (Å²) in [7, 11) is 0. The Hall–Kier alpha value is -2.70. The van der Waals surface area contributed by atoms with E-state index in [1.807, 2.05) is 26.8 Å². The lowest BCUT2D eigenvalue weighted by Crippen LogP contribution is -2.26. The van der Waals surface area contributed by atoms with Crippen molar-refractivity contribution in [3.63, 3.8) is 0 Å². The van der Waals surface area contributed by atoms with Crippen LogP contribution in [0.5, 0.6) is 0 Å². The first kappa shape index (κ1) is 18.1. The van der Waals surface area contributed by atoms with Crippen LogP contribution >= 0.6 is 0 Å². The highest BCUT2D eigenvalue weighted by Gasteiger charge is 2.33. The van der Waals surface area contributed by atoms with E-state index in [1.165, 1.54) is 17.6 Å². The van der Waals surface area contributed by atoms with Gasteiger partial charge in [0.15, 0.2) is 0 Å². The molecule has 0 N–H and O–H groups in total. The Bertz CT molecular complexity index is 1050. The molecule has 3 rings (SSSR count). The summed E-state index contributed by atoms with van der Waals surface area (Å²) in [5, 5.41) is 0.516. The van der Waals surface area contributed by atoms with Gasteiger partial charge in [0, 0.05) is 17.3 Å². The number of benzene rings is 1. The second-order valence-corrected chi connectivity index (χ2v) is 6.50. The first-order valence-electron chi connectivity index (χ1n) is 8.18. The second kappa shape index (κ2) is 6.23. The van der Waals surface area contributed by atoms with Gasteiger partial charge in [-0.25, -0.2) is 9.97 Å². The molecular weight excluding hydrogens is 343 g/mol. The van der Waals surface area contributed by atoms with Crippen LogP contribution in [0.25, 0.3) is 22.3 Å². The summed E-state index contributed by atoms with van der Waals surface area (Å²) in [6, 6.07) is 7.39. The Morgan fingerprint density at radius 2 is 1.73 bits per heavy atom. The largest absolute Gasteiger partial charge is 0.433 e. The van der Waals surface area contributed by atoms with Crippen LogP contribution < -0.4 is 5.56 Å². The van der Waals surface area contributed by atoms with Gasteiger partial charge in [-0.1, -0.05) is 12.1 Å². The Morgan fingerprint density at radius 1 is 1.04 bits per heavy atom. The van der Waals surface area contributed by atoms with E-state index < -0.39 is 11.9 Å². The number of nitrogens with zero attached hydrogens (tertiary/aromatic N) is 3. The summed E-state index contributed by atoms with van der Waals surface area (Å²) in [6.07, 6.45) is -4.52. The Morgan fingerprint density at radius 3 is 2.31 bits per heavy atom. The minimum Gasteiger partial charge on any atom is -0.289 e. The number of hydrogen-bond donors (Lipinski definition) is 0. The molecule has 4 nitrogen and oxygen atoms in total. The van der Waals surface area contributed by atoms with Crippen LogP contribution in [-0.2, 0) is 6.18 Å². The van der Waals surface area contributed by atoms with Crippen LogP contribution in [0.15, 0.2) is 35.1 Å². The van der Waals surface area contributed by atoms with Gasteiger partial charge in [0.1, 0.15) is 11.5 Å². The highest BCUT2D eigenvalue weighted by Crippen LogP contribution is 2.31. The van der Waals surface area contributed by atoms with Crippen LogP contribution in [0.3, 0.4) is 0 Å². The normalized spacial score (nSPS) is 12.2. The third kappa shape index (κ3) is 2.98. The van der Waals surface area contributed by atoms with Gasteiger partial charge >= 0.3 is 6.18 Å². The number of pyridine rings is 1. The summed E-state index contributed by atoms with van der Waals surface area (Å²) in [4.78, 5) is 21.3. The van der Waals surface area contributed by atoms with Crippen LogP contribution in [0.2, 0.25) is 0 Å². The quantitative estimate of drug-likeness (QED) is 0.666. The van der Waals surface area contributed by atoms with Crippen molar-refractivity contribution in [3.8, 4) is 11.4 Å². The van der Waals surface area contributed by atoms with Crippen LogP contribution in [0.4, 0.5) is 13.2 Å². The molecule has 0 bridgehead atoms. The summed E-state index contributed by atoms with van der Waals surface area (Å²) >= 11 is 0. The molecule has 0 saturated carbocycles. The van der Waals surface area contributed by atoms with E-state index in [4.69, 9.17) is 0 Å². The van der Waals surface area contributed by atoms with Crippen molar-refractivity contribution in [2.75, 3.05) is 0 Å². The molecule has 0 aliphatic carbocycles. The van der Waals surface area contributed by atoms with E-state index in [0.29, 0.717) is 22.3 Å². The molecule has 2 heterocycles. The number of fused-ring (bicyclic) bond motifs is 1. The third-order valence-corrected chi connectivity index (χ3v) is 4.27. The number of rotatable bonds is 2. The zero-order valence-electron chi connectivity index (χ0n) is 14.8. The fourth-order valence-corrected chi connectivity index (χ4v) is 3.03. The topological polar surface area (TPSA) is 47.8 Å². The molecule has 0 atom stereocenters. The maximum Gasteiger partial charge on any atom is 0.433 e. The molecule has 7 heteroatoms. The molecule has 0 spiro atoms. The summed E-state index contributed by atoms with van der Waals surface area (Å²) in [6.45, 7) is 7.00. The van der Waals surface area contributed by atoms with E-state index in [1.54, 1.807) is 12.1 Å². The summed E-state index contributed by atoms with van der Waals surface area (Å²) < 4.78 is 40.2. The zero-order chi connectivity index (χ0) is 19.2. The number of halogens is 3. The minimum atomic E-state index is -4.52. The number of alkyl halides is 3. The van der Waals surface area contributed by atoms with Gasteiger partial charge in [-0.15, -0.1) is 0 Å². The van der Waals surface area contributed by atoms with Crippen molar-refractivity contribution in [2.45, 2.75) is 39.9 Å². The van der Waals surface area contributed by atoms with Gasteiger partial charge in [-0.05, 0) is 51.5 Å². The molecule has 0 saturated heterocycles. The van der Waals surface area contributed by atoms with E-state index in [2.05, 4.69) is 9.97 Å². The standard InChI is InChI=1S/C19H18F3N3O/c1-10(2)25-17(13-8-9-15(19(20,21)22)23-12(13)4)24-14-7-5-6-11(3)16(14)18(25)26/h5-10H,1-4H3. The lowest BCUT2D eigenvalue weighted by molar-refractivity contribution is -0.141. The third-order valence-electron chi connectivity index (χ3n) is 4.27. The van der Waals surface area contributed by atoms with E-state index >= 15 is 0 Å². The molecule has 136 valence electrons. The molecule has 0 amide bonds. The molecular formula is C19H18F3N3O. The highest BCUT2D eigenvalue weighted by atomic mass is 19.4. The average Bonchev–Trinajstić information content (AvgIpc) is 2.53. The molecule has 0 fully saturated rings. The summed E-state index contributed by atoms with van der Waals surface area (Å²) in [5.41, 5.74) is 0.732. The minimum absolute atomic E-state index is 0.174. The molecule has 2 aromatic heterocycles. The van der Waals surface area contributed by atoms with Crippen LogP contribution in [0.1, 0.15) is 36.8 Å². The first-order valence-corrected chi connectivity index (χ1v) is 8.18. The molecule has 26 heavy (non-hydrogen) atoms. The Kier molecular flexibility index (Phi) is 4.34. The van der Waals surface area contributed by atoms with E-state index in [-0.39, 0.29) is 17.3 Å². The Labute approximate surface area is 148 Å². The number of aromatic nitrogens is 3. The average molecular weight is 361 g/mol. The Balaban J connectivity index is 2.35. The van der Waals surface area contributed by atoms with Gasteiger partial charge in [0.25, 0.3) is 5.56 Å². The van der Waals surface area contributed by atoms with Crippen molar-refractivity contribution in [2.24, 2.45) is 0 Å². The lowest BCUT2D eigenvalue weighted by atomic mass is 10.1. The monoisotopic (exact) mass is 361 g/mol. The first-order chi connectivity index (χ1) is 12.1. The van der Waals surface area contributed by atoms with Crippen LogP contribution in [0, 0.1) is 13.8 Å². The fourth-order valence-electron chi connectivity index (χ4n) is 3.03. The lowest BCUT2D eigenvalue weighted by Gasteiger charge is -2.19. The number of aryl methyl sites for hydroxylation is 2. The van der Waals surface area contributed by atoms with Crippen LogP contribution in [-0.4, -0.2) is 14.5 Å². The molecule has 3 aromatic rings. The van der Waals surface area contributed by atoms with Gasteiger partial charge in [-0.2, -0.15) is 13.2 Å². The van der Waals surface area contributed by atoms with Crippen molar-refractivity contribution in [1.29, 1.82) is 0 Å². The van der Waals surface area contributed by atoms with Crippen molar-refractivity contribution >= 4 is 10.9 Å². The van der Waals surface area contributed by atoms with Crippen molar-refractivity contribution < 1.29 is 13.2 Å². The molecule has 1 aromatic carbocycles. The van der Waals surface area contributed by atoms with E-state index in [0.717, 1.165) is 11.6 Å². The van der Waals surface area contributed by atoms with Gasteiger partial charge < -0.3 is 0 Å². The smallest absolute Gasteiger partial charge is 0.289 e. The van der Waals surface area contributed by atoms with E-state index in [9.17, 15) is 18.0 Å². The molecule has 0 unspecified atom stereocenters. The molecule has 0 radical (unpaired) electrons. The fraction of sp³-hybridized carbons (Fsp3) is 0.316. The predicted octanol–water partition coefficient (Wildman–Crippen LogP) is 4.68. The summed E-state index contributed by atoms with van der Waals surface area (Å²) in [5.74, 6) is 0.321. The zero-order valence-corrected chi connectivity index (χ0v) is 14.8. The maximum absolute atomic E-state index is 13.0. The van der Waals surface area contributed by atoms with Crippen molar-refractivity contribution in [1.82, 2.24) is 14.5 Å². The molecule has 0 aliphatic heterocycles. The maximum atomic E-state index is 13.0. The van der Waals surface area contributed by atoms with Gasteiger partial charge in [0.2, 0.25) is 0 Å². The number of hydrogen-bond acceptors (Lipinski definition) is 3.